The number of benzene rings is 2. The lowest BCUT2D eigenvalue weighted by atomic mass is 10.0. The van der Waals surface area contributed by atoms with Crippen LogP contribution in [0.15, 0.2) is 62.2 Å². The minimum atomic E-state index is -0.433. The van der Waals surface area contributed by atoms with Gasteiger partial charge in [0.2, 0.25) is 0 Å². The van der Waals surface area contributed by atoms with E-state index in [4.69, 9.17) is 8.83 Å². The van der Waals surface area contributed by atoms with Gasteiger partial charge in [-0.1, -0.05) is 24.3 Å². The van der Waals surface area contributed by atoms with Crippen LogP contribution in [0.5, 0.6) is 0 Å². The van der Waals surface area contributed by atoms with Crippen LogP contribution in [0.3, 0.4) is 0 Å². The van der Waals surface area contributed by atoms with Gasteiger partial charge >= 0.3 is 5.63 Å². The maximum absolute atomic E-state index is 12.4. The molecular weight excluding hydrogens is 330 g/mol. The number of aryl methyl sites for hydroxylation is 2. The summed E-state index contributed by atoms with van der Waals surface area (Å²) in [6.07, 6.45) is 0. The third kappa shape index (κ3) is 2.88. The van der Waals surface area contributed by atoms with Gasteiger partial charge in [0.15, 0.2) is 5.76 Å². The Bertz CT molecular complexity index is 1170. The molecule has 0 aliphatic rings. The molecule has 0 saturated carbocycles. The van der Waals surface area contributed by atoms with Crippen molar-refractivity contribution in [1.29, 1.82) is 0 Å². The second-order valence-electron chi connectivity index (χ2n) is 6.38. The highest BCUT2D eigenvalue weighted by atomic mass is 16.4. The number of rotatable bonds is 3. The van der Waals surface area contributed by atoms with Crippen molar-refractivity contribution >= 4 is 27.8 Å². The molecule has 0 unspecified atom stereocenters. The van der Waals surface area contributed by atoms with Crippen molar-refractivity contribution in [3.05, 3.63) is 81.4 Å². The summed E-state index contributed by atoms with van der Waals surface area (Å²) in [6, 6.07) is 14.5. The molecule has 5 heteroatoms. The zero-order valence-corrected chi connectivity index (χ0v) is 14.5. The molecule has 1 N–H and O–H groups in total. The van der Waals surface area contributed by atoms with Crippen molar-refractivity contribution in [2.24, 2.45) is 0 Å². The van der Waals surface area contributed by atoms with Crippen LogP contribution in [0.1, 0.15) is 27.2 Å². The Morgan fingerprint density at radius 3 is 2.65 bits per heavy atom. The molecule has 26 heavy (non-hydrogen) atoms. The number of amides is 1. The Hall–Kier alpha value is -3.34. The smallest absolute Gasteiger partial charge is 0.336 e. The molecule has 0 atom stereocenters. The highest BCUT2D eigenvalue weighted by Crippen LogP contribution is 2.23. The fourth-order valence-electron chi connectivity index (χ4n) is 3.18. The fourth-order valence-corrected chi connectivity index (χ4v) is 3.18. The summed E-state index contributed by atoms with van der Waals surface area (Å²) >= 11 is 0. The second-order valence-corrected chi connectivity index (χ2v) is 6.38. The van der Waals surface area contributed by atoms with Gasteiger partial charge in [0.05, 0.1) is 0 Å². The van der Waals surface area contributed by atoms with E-state index in [1.807, 2.05) is 50.2 Å². The Morgan fingerprint density at radius 2 is 1.85 bits per heavy atom. The van der Waals surface area contributed by atoms with Gasteiger partial charge in [0.1, 0.15) is 11.2 Å². The average molecular weight is 347 g/mol. The third-order valence-electron chi connectivity index (χ3n) is 4.35. The highest BCUT2D eigenvalue weighted by Gasteiger charge is 2.14. The summed E-state index contributed by atoms with van der Waals surface area (Å²) in [5.74, 6) is -0.0854. The lowest BCUT2D eigenvalue weighted by Gasteiger charge is -2.09. The van der Waals surface area contributed by atoms with Gasteiger partial charge in [-0.15, -0.1) is 0 Å². The number of hydrogen-bond acceptors (Lipinski definition) is 4. The Labute approximate surface area is 149 Å². The van der Waals surface area contributed by atoms with Gasteiger partial charge in [-0.2, -0.15) is 0 Å². The Balaban J connectivity index is 1.65. The first-order valence-electron chi connectivity index (χ1n) is 8.32. The molecule has 0 fully saturated rings. The summed E-state index contributed by atoms with van der Waals surface area (Å²) in [5, 5.41) is 4.52. The van der Waals surface area contributed by atoms with Crippen LogP contribution in [0.2, 0.25) is 0 Å². The summed E-state index contributed by atoms with van der Waals surface area (Å²) < 4.78 is 10.9. The van der Waals surface area contributed by atoms with E-state index in [1.54, 1.807) is 6.07 Å². The van der Waals surface area contributed by atoms with Crippen molar-refractivity contribution < 1.29 is 13.6 Å². The zero-order valence-electron chi connectivity index (χ0n) is 14.5. The van der Waals surface area contributed by atoms with E-state index in [0.717, 1.165) is 21.9 Å². The largest absolute Gasteiger partial charge is 0.451 e. The average Bonchev–Trinajstić information content (AvgIpc) is 3.04. The van der Waals surface area contributed by atoms with E-state index in [9.17, 15) is 9.59 Å². The fraction of sp³-hybridized carbons (Fsp3) is 0.143. The van der Waals surface area contributed by atoms with Gasteiger partial charge < -0.3 is 14.2 Å². The predicted octanol–water partition coefficient (Wildman–Crippen LogP) is 4.09. The predicted molar refractivity (Wildman–Crippen MR) is 99.3 cm³/mol. The number of carbonyl (C=O) groups excluding carboxylic acids is 1. The van der Waals surface area contributed by atoms with Crippen molar-refractivity contribution in [1.82, 2.24) is 5.32 Å². The van der Waals surface area contributed by atoms with Crippen molar-refractivity contribution in [2.75, 3.05) is 0 Å². The molecule has 2 aromatic carbocycles. The van der Waals surface area contributed by atoms with Crippen molar-refractivity contribution in [2.45, 2.75) is 20.4 Å². The number of fused-ring (bicyclic) bond motifs is 2. The van der Waals surface area contributed by atoms with E-state index in [-0.39, 0.29) is 18.2 Å². The molecule has 2 aromatic heterocycles. The van der Waals surface area contributed by atoms with Gasteiger partial charge in [0, 0.05) is 23.4 Å². The monoisotopic (exact) mass is 347 g/mol. The molecule has 0 aliphatic carbocycles. The van der Waals surface area contributed by atoms with Gasteiger partial charge in [0.25, 0.3) is 5.91 Å². The number of hydrogen-bond donors (Lipinski definition) is 1. The third-order valence-corrected chi connectivity index (χ3v) is 4.35. The summed E-state index contributed by atoms with van der Waals surface area (Å²) in [7, 11) is 0. The SMILES string of the molecule is Cc1cc(C)c2oc(=O)cc(CNC(=O)c3cc4ccccc4o3)c2c1. The molecule has 0 radical (unpaired) electrons. The lowest BCUT2D eigenvalue weighted by molar-refractivity contribution is 0.0925. The number of nitrogens with one attached hydrogen (secondary N) is 1. The van der Waals surface area contributed by atoms with E-state index in [1.165, 1.54) is 6.07 Å². The maximum atomic E-state index is 12.4. The van der Waals surface area contributed by atoms with Crippen LogP contribution >= 0.6 is 0 Å². The van der Waals surface area contributed by atoms with Gasteiger partial charge in [-0.05, 0) is 48.7 Å². The van der Waals surface area contributed by atoms with Crippen LogP contribution in [-0.2, 0) is 6.54 Å². The number of carbonyl (C=O) groups is 1. The molecule has 0 aliphatic heterocycles. The van der Waals surface area contributed by atoms with E-state index in [2.05, 4.69) is 5.32 Å². The molecule has 4 aromatic rings. The molecule has 1 amide bonds. The second kappa shape index (κ2) is 6.19. The van der Waals surface area contributed by atoms with Crippen LogP contribution < -0.4 is 10.9 Å². The van der Waals surface area contributed by atoms with E-state index in [0.29, 0.717) is 16.7 Å². The lowest BCUT2D eigenvalue weighted by Crippen LogP contribution is -2.23. The first-order chi connectivity index (χ1) is 12.5. The first-order valence-corrected chi connectivity index (χ1v) is 8.32. The van der Waals surface area contributed by atoms with Gasteiger partial charge in [-0.3, -0.25) is 4.79 Å². The van der Waals surface area contributed by atoms with Crippen LogP contribution in [-0.4, -0.2) is 5.91 Å². The van der Waals surface area contributed by atoms with E-state index < -0.39 is 5.63 Å². The maximum Gasteiger partial charge on any atom is 0.336 e. The summed E-state index contributed by atoms with van der Waals surface area (Å²) in [5.41, 5.74) is 3.45. The molecule has 0 bridgehead atoms. The number of para-hydroxylation sites is 1. The molecule has 0 saturated heterocycles. The van der Waals surface area contributed by atoms with Crippen molar-refractivity contribution in [3.63, 3.8) is 0 Å². The quantitative estimate of drug-likeness (QED) is 0.567. The normalized spacial score (nSPS) is 11.2. The molecule has 130 valence electrons. The van der Waals surface area contributed by atoms with Crippen molar-refractivity contribution in [3.8, 4) is 0 Å². The van der Waals surface area contributed by atoms with Crippen LogP contribution in [0.4, 0.5) is 0 Å². The Morgan fingerprint density at radius 1 is 1.04 bits per heavy atom. The van der Waals surface area contributed by atoms with Crippen LogP contribution in [0.25, 0.3) is 21.9 Å². The van der Waals surface area contributed by atoms with Gasteiger partial charge in [-0.25, -0.2) is 4.79 Å². The molecule has 4 rings (SSSR count). The zero-order chi connectivity index (χ0) is 18.3. The van der Waals surface area contributed by atoms with Crippen LogP contribution in [0, 0.1) is 13.8 Å². The first kappa shape index (κ1) is 16.1. The standard InChI is InChI=1S/C21H17NO4/c1-12-7-13(2)20-16(8-12)15(10-19(23)26-20)11-22-21(24)18-9-14-5-3-4-6-17(14)25-18/h3-10H,11H2,1-2H3,(H,22,24). The summed E-state index contributed by atoms with van der Waals surface area (Å²) in [6.45, 7) is 4.09. The molecule has 0 spiro atoms. The minimum absolute atomic E-state index is 0.209. The molecule has 2 heterocycles. The summed E-state index contributed by atoms with van der Waals surface area (Å²) in [4.78, 5) is 24.3. The Kier molecular flexibility index (Phi) is 3.84. The molecule has 5 nitrogen and oxygen atoms in total. The minimum Gasteiger partial charge on any atom is -0.451 e. The van der Waals surface area contributed by atoms with E-state index >= 15 is 0 Å². The highest BCUT2D eigenvalue weighted by molar-refractivity contribution is 5.96. The molecular formula is C21H17NO4. The topological polar surface area (TPSA) is 72.5 Å². The number of furan rings is 1.